The van der Waals surface area contributed by atoms with Crippen molar-refractivity contribution in [2.24, 2.45) is 5.92 Å². The molecular weight excluding hydrogens is 444 g/mol. The lowest BCUT2D eigenvalue weighted by molar-refractivity contribution is -0.121. The minimum Gasteiger partial charge on any atom is -0.335 e. The maximum Gasteiger partial charge on any atom is 0.317 e. The number of sulfonamides is 1. The summed E-state index contributed by atoms with van der Waals surface area (Å²) in [6.07, 6.45) is 3.50. The maximum atomic E-state index is 12.7. The smallest absolute Gasteiger partial charge is 0.317 e. The zero-order valence-electron chi connectivity index (χ0n) is 18.7. The average Bonchev–Trinajstić information content (AvgIpc) is 3.57. The van der Waals surface area contributed by atoms with E-state index < -0.39 is 10.0 Å². The summed E-state index contributed by atoms with van der Waals surface area (Å²) in [5, 5.41) is 5.80. The first kappa shape index (κ1) is 23.0. The second kappa shape index (κ2) is 9.34. The van der Waals surface area contributed by atoms with Crippen LogP contribution in [0.3, 0.4) is 0 Å². The standard InChI is InChI=1S/C22H28N6O4S/c1-14-12-20(24-15(2)23-14)27-33(31,32)19-9-7-17(8-10-19)25-21(29)16-4-3-11-28(13-16)22(30)26-18-5-6-18/h7-10,12,16,18H,3-6,11,13H2,1-2H3,(H,25,29)(H,26,30)(H,23,24,27). The number of likely N-dealkylation sites (tertiary alicyclic amines) is 1. The molecule has 2 fully saturated rings. The lowest BCUT2D eigenvalue weighted by atomic mass is 9.97. The highest BCUT2D eigenvalue weighted by molar-refractivity contribution is 7.92. The Morgan fingerprint density at radius 1 is 1.06 bits per heavy atom. The van der Waals surface area contributed by atoms with E-state index in [0.717, 1.165) is 19.3 Å². The van der Waals surface area contributed by atoms with Crippen LogP contribution < -0.4 is 15.4 Å². The minimum atomic E-state index is -3.84. The first-order chi connectivity index (χ1) is 15.7. The highest BCUT2D eigenvalue weighted by Crippen LogP contribution is 2.23. The maximum absolute atomic E-state index is 12.7. The number of aryl methyl sites for hydroxylation is 2. The molecule has 2 aliphatic rings. The number of urea groups is 1. The van der Waals surface area contributed by atoms with Crippen LogP contribution in [0.25, 0.3) is 0 Å². The van der Waals surface area contributed by atoms with Crippen molar-refractivity contribution in [1.82, 2.24) is 20.2 Å². The molecule has 2 heterocycles. The topological polar surface area (TPSA) is 133 Å². The molecule has 4 rings (SSSR count). The van der Waals surface area contributed by atoms with Crippen LogP contribution in [0, 0.1) is 19.8 Å². The molecule has 1 atom stereocenters. The fourth-order valence-corrected chi connectivity index (χ4v) is 4.79. The minimum absolute atomic E-state index is 0.0509. The molecule has 3 N–H and O–H groups in total. The molecule has 176 valence electrons. The zero-order valence-corrected chi connectivity index (χ0v) is 19.5. The van der Waals surface area contributed by atoms with Gasteiger partial charge >= 0.3 is 6.03 Å². The SMILES string of the molecule is Cc1cc(NS(=O)(=O)c2ccc(NC(=O)C3CCCN(C(=O)NC4CC4)C3)cc2)nc(C)n1. The second-order valence-corrected chi connectivity index (χ2v) is 10.3. The number of benzene rings is 1. The Hall–Kier alpha value is -3.21. The number of amides is 3. The third-order valence-electron chi connectivity index (χ3n) is 5.62. The third kappa shape index (κ3) is 5.98. The average molecular weight is 473 g/mol. The van der Waals surface area contributed by atoms with Gasteiger partial charge in [-0.05, 0) is 63.8 Å². The van der Waals surface area contributed by atoms with E-state index in [1.165, 1.54) is 12.1 Å². The van der Waals surface area contributed by atoms with Gasteiger partial charge in [0.05, 0.1) is 10.8 Å². The Labute approximate surface area is 193 Å². The molecule has 0 radical (unpaired) electrons. The van der Waals surface area contributed by atoms with Crippen LogP contribution in [0.1, 0.15) is 37.2 Å². The largest absolute Gasteiger partial charge is 0.335 e. The molecule has 11 heteroatoms. The van der Waals surface area contributed by atoms with Crippen molar-refractivity contribution < 1.29 is 18.0 Å². The molecule has 1 saturated heterocycles. The van der Waals surface area contributed by atoms with E-state index in [4.69, 9.17) is 0 Å². The number of carbonyl (C=O) groups is 2. The van der Waals surface area contributed by atoms with Crippen LogP contribution >= 0.6 is 0 Å². The number of anilines is 2. The first-order valence-corrected chi connectivity index (χ1v) is 12.5. The van der Waals surface area contributed by atoms with E-state index in [9.17, 15) is 18.0 Å². The van der Waals surface area contributed by atoms with E-state index in [-0.39, 0.29) is 34.6 Å². The van der Waals surface area contributed by atoms with Gasteiger partial charge in [-0.15, -0.1) is 0 Å². The highest BCUT2D eigenvalue weighted by atomic mass is 32.2. The van der Waals surface area contributed by atoms with Crippen molar-refractivity contribution >= 4 is 33.5 Å². The number of nitrogens with one attached hydrogen (secondary N) is 3. The Morgan fingerprint density at radius 3 is 2.45 bits per heavy atom. The van der Waals surface area contributed by atoms with Crippen molar-refractivity contribution in [1.29, 1.82) is 0 Å². The summed E-state index contributed by atoms with van der Waals surface area (Å²) in [7, 11) is -3.84. The van der Waals surface area contributed by atoms with Gasteiger partial charge in [-0.3, -0.25) is 9.52 Å². The monoisotopic (exact) mass is 472 g/mol. The summed E-state index contributed by atoms with van der Waals surface area (Å²) < 4.78 is 27.8. The van der Waals surface area contributed by atoms with Crippen LogP contribution in [0.5, 0.6) is 0 Å². The van der Waals surface area contributed by atoms with Gasteiger partial charge in [0.1, 0.15) is 11.6 Å². The summed E-state index contributed by atoms with van der Waals surface area (Å²) in [5.74, 6) is 0.180. The van der Waals surface area contributed by atoms with E-state index in [0.29, 0.717) is 36.7 Å². The molecule has 1 unspecified atom stereocenters. The molecule has 1 aliphatic heterocycles. The van der Waals surface area contributed by atoms with Crippen molar-refractivity contribution in [3.63, 3.8) is 0 Å². The normalized spacial score (nSPS) is 18.5. The van der Waals surface area contributed by atoms with Gasteiger partial charge in [0.2, 0.25) is 5.91 Å². The van der Waals surface area contributed by atoms with Gasteiger partial charge in [0.25, 0.3) is 10.0 Å². The van der Waals surface area contributed by atoms with Crippen molar-refractivity contribution in [3.05, 3.63) is 41.9 Å². The Morgan fingerprint density at radius 2 is 1.79 bits per heavy atom. The Bertz CT molecular complexity index is 1130. The van der Waals surface area contributed by atoms with Crippen LogP contribution in [-0.4, -0.2) is 54.4 Å². The van der Waals surface area contributed by atoms with Crippen molar-refractivity contribution in [3.8, 4) is 0 Å². The second-order valence-electron chi connectivity index (χ2n) is 8.57. The number of hydrogen-bond acceptors (Lipinski definition) is 6. The van der Waals surface area contributed by atoms with Crippen LogP contribution in [0.4, 0.5) is 16.3 Å². The summed E-state index contributed by atoms with van der Waals surface area (Å²) in [6, 6.07) is 7.67. The summed E-state index contributed by atoms with van der Waals surface area (Å²) in [6.45, 7) is 4.47. The number of aromatic nitrogens is 2. The molecule has 10 nitrogen and oxygen atoms in total. The lowest BCUT2D eigenvalue weighted by Crippen LogP contribution is -2.48. The highest BCUT2D eigenvalue weighted by Gasteiger charge is 2.31. The van der Waals surface area contributed by atoms with Gasteiger partial charge in [-0.2, -0.15) is 0 Å². The molecule has 1 aromatic carbocycles. The number of rotatable bonds is 6. The van der Waals surface area contributed by atoms with E-state index in [1.807, 2.05) is 0 Å². The number of piperidine rings is 1. The number of hydrogen-bond donors (Lipinski definition) is 3. The molecule has 1 aliphatic carbocycles. The molecule has 1 saturated carbocycles. The lowest BCUT2D eigenvalue weighted by Gasteiger charge is -2.32. The molecule has 33 heavy (non-hydrogen) atoms. The van der Waals surface area contributed by atoms with Gasteiger partial charge in [-0.25, -0.2) is 23.2 Å². The molecule has 1 aromatic heterocycles. The van der Waals surface area contributed by atoms with Gasteiger partial charge in [-0.1, -0.05) is 0 Å². The van der Waals surface area contributed by atoms with Crippen molar-refractivity contribution in [2.75, 3.05) is 23.1 Å². The van der Waals surface area contributed by atoms with Gasteiger partial charge in [0, 0.05) is 36.6 Å². The summed E-state index contributed by atoms with van der Waals surface area (Å²) in [4.78, 5) is 35.0. The Balaban J connectivity index is 1.36. The van der Waals surface area contributed by atoms with E-state index >= 15 is 0 Å². The number of nitrogens with zero attached hydrogens (tertiary/aromatic N) is 3. The molecular formula is C22H28N6O4S. The molecule has 0 bridgehead atoms. The van der Waals surface area contributed by atoms with Gasteiger partial charge in [0.15, 0.2) is 0 Å². The van der Waals surface area contributed by atoms with E-state index in [1.54, 1.807) is 36.9 Å². The number of carbonyl (C=O) groups excluding carboxylic acids is 2. The molecule has 2 aromatic rings. The van der Waals surface area contributed by atoms with Crippen LogP contribution in [0.2, 0.25) is 0 Å². The van der Waals surface area contributed by atoms with Gasteiger partial charge < -0.3 is 15.5 Å². The quantitative estimate of drug-likeness (QED) is 0.591. The Kier molecular flexibility index (Phi) is 6.50. The summed E-state index contributed by atoms with van der Waals surface area (Å²) in [5.41, 5.74) is 1.15. The van der Waals surface area contributed by atoms with Crippen LogP contribution in [-0.2, 0) is 14.8 Å². The zero-order chi connectivity index (χ0) is 23.6. The fourth-order valence-electron chi connectivity index (χ4n) is 3.80. The first-order valence-electron chi connectivity index (χ1n) is 11.0. The summed E-state index contributed by atoms with van der Waals surface area (Å²) >= 11 is 0. The fraction of sp³-hybridized carbons (Fsp3) is 0.455. The molecule has 3 amide bonds. The predicted molar refractivity (Wildman–Crippen MR) is 123 cm³/mol. The van der Waals surface area contributed by atoms with Crippen LogP contribution in [0.15, 0.2) is 35.2 Å². The van der Waals surface area contributed by atoms with E-state index in [2.05, 4.69) is 25.3 Å². The predicted octanol–water partition coefficient (Wildman–Crippen LogP) is 2.42. The third-order valence-corrected chi connectivity index (χ3v) is 6.99. The molecule has 0 spiro atoms. The van der Waals surface area contributed by atoms with Crippen molar-refractivity contribution in [2.45, 2.75) is 50.5 Å².